The van der Waals surface area contributed by atoms with E-state index in [0.29, 0.717) is 29.6 Å². The molecule has 94 valence electrons. The molecule has 1 atom stereocenters. The van der Waals surface area contributed by atoms with Gasteiger partial charge < -0.3 is 15.5 Å². The van der Waals surface area contributed by atoms with E-state index in [1.165, 1.54) is 0 Å². The highest BCUT2D eigenvalue weighted by Crippen LogP contribution is 2.23. The van der Waals surface area contributed by atoms with Gasteiger partial charge >= 0.3 is 0 Å². The number of allylic oxidation sites excluding steroid dienone is 2. The van der Waals surface area contributed by atoms with Gasteiger partial charge in [-0.3, -0.25) is 0 Å². The van der Waals surface area contributed by atoms with E-state index in [1.807, 2.05) is 0 Å². The molecule has 6 heteroatoms. The number of hydrogen-bond donors (Lipinski definition) is 2. The van der Waals surface area contributed by atoms with Crippen molar-refractivity contribution in [3.05, 3.63) is 18.5 Å². The highest BCUT2D eigenvalue weighted by atomic mass is 16.5. The van der Waals surface area contributed by atoms with Crippen molar-refractivity contribution in [2.45, 2.75) is 19.3 Å². The number of aromatic amines is 1. The second kappa shape index (κ2) is 4.64. The van der Waals surface area contributed by atoms with Gasteiger partial charge in [-0.05, 0) is 25.2 Å². The summed E-state index contributed by atoms with van der Waals surface area (Å²) in [5.41, 5.74) is 6.87. The molecule has 0 amide bonds. The zero-order chi connectivity index (χ0) is 12.4. The minimum Gasteiger partial charge on any atom is -0.476 e. The number of rotatable bonds is 3. The molecule has 1 aliphatic rings. The van der Waals surface area contributed by atoms with Crippen molar-refractivity contribution in [1.82, 2.24) is 19.9 Å². The maximum atomic E-state index is 5.76. The lowest BCUT2D eigenvalue weighted by Gasteiger charge is -2.17. The van der Waals surface area contributed by atoms with Gasteiger partial charge in [-0.1, -0.05) is 12.2 Å². The Kier molecular flexibility index (Phi) is 2.84. The van der Waals surface area contributed by atoms with Crippen molar-refractivity contribution in [3.8, 4) is 5.88 Å². The number of nitrogen functional groups attached to an aromatic ring is 1. The third-order valence-electron chi connectivity index (χ3n) is 3.10. The van der Waals surface area contributed by atoms with Crippen LogP contribution in [0.2, 0.25) is 0 Å². The summed E-state index contributed by atoms with van der Waals surface area (Å²) in [6, 6.07) is 0. The number of imidazole rings is 1. The molecule has 2 aromatic heterocycles. The number of H-pyrrole nitrogens is 1. The van der Waals surface area contributed by atoms with Crippen LogP contribution in [0.1, 0.15) is 19.3 Å². The lowest BCUT2D eigenvalue weighted by atomic mass is 9.95. The van der Waals surface area contributed by atoms with Crippen molar-refractivity contribution in [2.75, 3.05) is 12.3 Å². The first-order valence-corrected chi connectivity index (χ1v) is 6.07. The average molecular weight is 245 g/mol. The predicted octanol–water partition coefficient (Wildman–Crippen LogP) is 1.67. The molecule has 0 saturated carbocycles. The minimum atomic E-state index is 0.188. The van der Waals surface area contributed by atoms with Crippen molar-refractivity contribution < 1.29 is 4.74 Å². The number of aromatic nitrogens is 4. The molecule has 2 aromatic rings. The SMILES string of the molecule is Nc1nc(OCC2CC=CCC2)c2[nH]cnc2n1. The first-order valence-electron chi connectivity index (χ1n) is 6.07. The molecule has 6 nitrogen and oxygen atoms in total. The van der Waals surface area contributed by atoms with E-state index in [1.54, 1.807) is 6.33 Å². The Labute approximate surface area is 104 Å². The van der Waals surface area contributed by atoms with Crippen LogP contribution in [0, 0.1) is 5.92 Å². The maximum Gasteiger partial charge on any atom is 0.245 e. The van der Waals surface area contributed by atoms with Crippen molar-refractivity contribution in [1.29, 1.82) is 0 Å². The molecule has 0 fully saturated rings. The number of nitrogens with two attached hydrogens (primary N) is 1. The number of fused-ring (bicyclic) bond motifs is 1. The molecule has 1 aliphatic carbocycles. The smallest absolute Gasteiger partial charge is 0.245 e. The summed E-state index contributed by atoms with van der Waals surface area (Å²) >= 11 is 0. The largest absolute Gasteiger partial charge is 0.476 e. The quantitative estimate of drug-likeness (QED) is 0.803. The van der Waals surface area contributed by atoms with Gasteiger partial charge in [0.15, 0.2) is 5.65 Å². The molecular weight excluding hydrogens is 230 g/mol. The van der Waals surface area contributed by atoms with Crippen molar-refractivity contribution in [3.63, 3.8) is 0 Å². The summed E-state index contributed by atoms with van der Waals surface area (Å²) in [6.07, 6.45) is 9.33. The van der Waals surface area contributed by atoms with E-state index in [0.717, 1.165) is 19.3 Å². The van der Waals surface area contributed by atoms with Gasteiger partial charge in [0.2, 0.25) is 11.8 Å². The monoisotopic (exact) mass is 245 g/mol. The molecule has 3 rings (SSSR count). The molecule has 1 unspecified atom stereocenters. The van der Waals surface area contributed by atoms with Crippen LogP contribution >= 0.6 is 0 Å². The highest BCUT2D eigenvalue weighted by Gasteiger charge is 2.14. The second-order valence-corrected chi connectivity index (χ2v) is 4.45. The van der Waals surface area contributed by atoms with E-state index in [-0.39, 0.29) is 5.95 Å². The topological polar surface area (TPSA) is 89.7 Å². The highest BCUT2D eigenvalue weighted by molar-refractivity contribution is 5.76. The Balaban J connectivity index is 1.77. The van der Waals surface area contributed by atoms with E-state index in [9.17, 15) is 0 Å². The van der Waals surface area contributed by atoms with Gasteiger partial charge in [0, 0.05) is 0 Å². The van der Waals surface area contributed by atoms with Gasteiger partial charge in [-0.15, -0.1) is 0 Å². The standard InChI is InChI=1S/C12H15N5O/c13-12-16-10-9(14-7-15-10)11(17-12)18-6-8-4-2-1-3-5-8/h1-2,7-8H,3-6H2,(H3,13,14,15,16,17). The molecule has 0 bridgehead atoms. The fourth-order valence-electron chi connectivity index (χ4n) is 2.13. The number of nitrogens with one attached hydrogen (secondary N) is 1. The molecule has 18 heavy (non-hydrogen) atoms. The fraction of sp³-hybridized carbons (Fsp3) is 0.417. The fourth-order valence-corrected chi connectivity index (χ4v) is 2.13. The third-order valence-corrected chi connectivity index (χ3v) is 3.10. The molecule has 0 aromatic carbocycles. The van der Waals surface area contributed by atoms with Crippen LogP contribution in [0.3, 0.4) is 0 Å². The summed E-state index contributed by atoms with van der Waals surface area (Å²) in [5.74, 6) is 1.22. The minimum absolute atomic E-state index is 0.188. The van der Waals surface area contributed by atoms with Crippen LogP contribution in [0.5, 0.6) is 5.88 Å². The molecule has 0 aliphatic heterocycles. The zero-order valence-corrected chi connectivity index (χ0v) is 9.97. The Morgan fingerprint density at radius 1 is 1.39 bits per heavy atom. The molecular formula is C12H15N5O. The lowest BCUT2D eigenvalue weighted by Crippen LogP contribution is -2.14. The summed E-state index contributed by atoms with van der Waals surface area (Å²) in [7, 11) is 0. The summed E-state index contributed by atoms with van der Waals surface area (Å²) in [5, 5.41) is 0. The van der Waals surface area contributed by atoms with Crippen LogP contribution in [0.4, 0.5) is 5.95 Å². The number of ether oxygens (including phenoxy) is 1. The molecule has 3 N–H and O–H groups in total. The first-order chi connectivity index (χ1) is 8.83. The van der Waals surface area contributed by atoms with Crippen LogP contribution in [0.25, 0.3) is 11.2 Å². The summed E-state index contributed by atoms with van der Waals surface area (Å²) in [6.45, 7) is 0.648. The normalized spacial score (nSPS) is 19.2. The molecule has 2 heterocycles. The maximum absolute atomic E-state index is 5.76. The Bertz CT molecular complexity index is 577. The Morgan fingerprint density at radius 2 is 2.33 bits per heavy atom. The number of anilines is 1. The van der Waals surface area contributed by atoms with Crippen LogP contribution in [0.15, 0.2) is 18.5 Å². The average Bonchev–Trinajstić information content (AvgIpc) is 2.85. The molecule has 0 spiro atoms. The van der Waals surface area contributed by atoms with Gasteiger partial charge in [-0.2, -0.15) is 9.97 Å². The lowest BCUT2D eigenvalue weighted by molar-refractivity contribution is 0.233. The van der Waals surface area contributed by atoms with Gasteiger partial charge in [-0.25, -0.2) is 4.98 Å². The summed E-state index contributed by atoms with van der Waals surface area (Å²) in [4.78, 5) is 15.2. The van der Waals surface area contributed by atoms with E-state index < -0.39 is 0 Å². The van der Waals surface area contributed by atoms with E-state index in [2.05, 4.69) is 32.1 Å². The first kappa shape index (κ1) is 11.0. The summed E-state index contributed by atoms with van der Waals surface area (Å²) < 4.78 is 5.76. The Morgan fingerprint density at radius 3 is 3.17 bits per heavy atom. The van der Waals surface area contributed by atoms with E-state index in [4.69, 9.17) is 10.5 Å². The Hall–Kier alpha value is -2.11. The molecule has 0 radical (unpaired) electrons. The van der Waals surface area contributed by atoms with Crippen LogP contribution in [-0.4, -0.2) is 26.5 Å². The van der Waals surface area contributed by atoms with Gasteiger partial charge in [0.1, 0.15) is 5.52 Å². The van der Waals surface area contributed by atoms with Gasteiger partial charge in [0.05, 0.1) is 12.9 Å². The van der Waals surface area contributed by atoms with Crippen LogP contribution < -0.4 is 10.5 Å². The second-order valence-electron chi connectivity index (χ2n) is 4.45. The van der Waals surface area contributed by atoms with Crippen molar-refractivity contribution in [2.24, 2.45) is 5.92 Å². The number of nitrogens with zero attached hydrogens (tertiary/aromatic N) is 3. The van der Waals surface area contributed by atoms with E-state index >= 15 is 0 Å². The van der Waals surface area contributed by atoms with Gasteiger partial charge in [0.25, 0.3) is 0 Å². The third kappa shape index (κ3) is 2.13. The predicted molar refractivity (Wildman–Crippen MR) is 68.1 cm³/mol. The molecule has 0 saturated heterocycles. The van der Waals surface area contributed by atoms with Crippen LogP contribution in [-0.2, 0) is 0 Å². The van der Waals surface area contributed by atoms with Crippen molar-refractivity contribution >= 4 is 17.1 Å². The number of hydrogen-bond acceptors (Lipinski definition) is 5. The zero-order valence-electron chi connectivity index (χ0n) is 9.97.